The van der Waals surface area contributed by atoms with Gasteiger partial charge < -0.3 is 128 Å². The summed E-state index contributed by atoms with van der Waals surface area (Å²) < 4.78 is 0. The Morgan fingerprint density at radius 1 is 0.437 bits per heavy atom. The van der Waals surface area contributed by atoms with Crippen molar-refractivity contribution in [3.8, 4) is 0 Å². The van der Waals surface area contributed by atoms with Crippen LogP contribution in [0.15, 0.2) is 30.5 Å². The van der Waals surface area contributed by atoms with Crippen molar-refractivity contribution in [1.29, 1.82) is 0 Å². The van der Waals surface area contributed by atoms with Gasteiger partial charge in [0.1, 0.15) is 96.7 Å². The number of primary amides is 1. The van der Waals surface area contributed by atoms with Gasteiger partial charge in [0.15, 0.2) is 0 Å². The number of nitrogens with one attached hydrogen (secondary N) is 15. The van der Waals surface area contributed by atoms with Crippen LogP contribution in [0.2, 0.25) is 0 Å². The third-order valence-electron chi connectivity index (χ3n) is 25.4. The molecule has 0 saturated carbocycles. The number of unbranched alkanes of at least 4 members (excludes halogenated alkanes) is 4. The number of aromatic nitrogens is 1. The summed E-state index contributed by atoms with van der Waals surface area (Å²) >= 11 is 1.68. The second kappa shape index (κ2) is 53.4. The summed E-state index contributed by atoms with van der Waals surface area (Å²) in [6.45, 7) is 20.4. The molecular weight excluding hydrogens is 1770 g/mol. The van der Waals surface area contributed by atoms with E-state index in [0.29, 0.717) is 109 Å². The van der Waals surface area contributed by atoms with Crippen molar-refractivity contribution in [1.82, 2.24) is 99.0 Å². The maximum absolute atomic E-state index is 14.5. The number of nitrogens with zero attached hydrogens (tertiary/aromatic N) is 4. The van der Waals surface area contributed by atoms with Crippen molar-refractivity contribution in [3.05, 3.63) is 36.0 Å². The topological polar surface area (TPSA) is 652 Å². The Balaban J connectivity index is 0.824. The average Bonchev–Trinajstić information content (AvgIpc) is 1.62. The van der Waals surface area contributed by atoms with Crippen molar-refractivity contribution >= 4 is 135 Å². The van der Waals surface area contributed by atoms with E-state index in [-0.39, 0.29) is 120 Å². The second-order valence-corrected chi connectivity index (χ2v) is 39.0. The minimum atomic E-state index is -1.27. The molecule has 2 aromatic rings. The molecule has 0 aliphatic carbocycles. The van der Waals surface area contributed by atoms with E-state index >= 15 is 0 Å². The van der Waals surface area contributed by atoms with Crippen LogP contribution in [-0.4, -0.2) is 309 Å². The van der Waals surface area contributed by atoms with Gasteiger partial charge in [0.05, 0.1) is 0 Å². The van der Waals surface area contributed by atoms with E-state index in [0.717, 1.165) is 16.5 Å². The number of amides is 19. The van der Waals surface area contributed by atoms with Gasteiger partial charge in [-0.1, -0.05) is 39.0 Å². The number of thioether (sulfide) groups is 1. The highest BCUT2D eigenvalue weighted by molar-refractivity contribution is 8.00. The number of aromatic amines is 1. The predicted molar refractivity (Wildman–Crippen MR) is 504 cm³/mol. The maximum Gasteiger partial charge on any atom is 0.246 e. The Morgan fingerprint density at radius 3 is 1.21 bits per heavy atom. The fourth-order valence-electron chi connectivity index (χ4n) is 17.2. The maximum atomic E-state index is 14.5. The molecule has 7 rings (SSSR count). The first-order valence-electron chi connectivity index (χ1n) is 47.6. The molecule has 0 spiro atoms. The number of nitrogens with two attached hydrogens (primary N) is 5. The van der Waals surface area contributed by atoms with Gasteiger partial charge in [-0.15, -0.1) is 0 Å². The summed E-state index contributed by atoms with van der Waals surface area (Å²) in [4.78, 5) is 270. The van der Waals surface area contributed by atoms with Gasteiger partial charge in [0, 0.05) is 92.0 Å². The number of rotatable bonds is 50. The Kier molecular flexibility index (Phi) is 43.9. The molecule has 19 amide bonds. The summed E-state index contributed by atoms with van der Waals surface area (Å²) in [5.74, 6) is -12.3. The smallest absolute Gasteiger partial charge is 0.246 e. The third kappa shape index (κ3) is 33.4. The monoisotopic (exact) mass is 1910 g/mol. The lowest BCUT2D eigenvalue weighted by Gasteiger charge is -2.38. The fourth-order valence-corrected chi connectivity index (χ4v) is 18.6. The van der Waals surface area contributed by atoms with Crippen LogP contribution < -0.4 is 103 Å². The lowest BCUT2D eigenvalue weighted by Crippen LogP contribution is -2.59. The van der Waals surface area contributed by atoms with Crippen molar-refractivity contribution < 1.29 is 91.1 Å². The van der Waals surface area contributed by atoms with Gasteiger partial charge in [-0.3, -0.25) is 91.1 Å². The molecule has 0 radical (unpaired) electrons. The van der Waals surface area contributed by atoms with E-state index in [1.54, 1.807) is 37.6 Å². The first-order valence-corrected chi connectivity index (χ1v) is 48.6. The molecule has 752 valence electrons. The molecule has 5 saturated heterocycles. The van der Waals surface area contributed by atoms with Crippen LogP contribution in [-0.2, 0) is 97.5 Å². The number of benzene rings is 1. The van der Waals surface area contributed by atoms with Crippen molar-refractivity contribution in [2.75, 3.05) is 64.7 Å². The van der Waals surface area contributed by atoms with Gasteiger partial charge in [-0.2, -0.15) is 11.8 Å². The number of likely N-dealkylation sites (tertiary alicyclic amines) is 3. The minimum absolute atomic E-state index is 0.0605. The highest BCUT2D eigenvalue weighted by Crippen LogP contribution is 2.39. The Hall–Kier alpha value is -11.1. The quantitative estimate of drug-likeness (QED) is 0.0288. The zero-order chi connectivity index (χ0) is 99.8. The number of hydrogen-bond acceptors (Lipinski definition) is 24. The van der Waals surface area contributed by atoms with E-state index in [4.69, 9.17) is 28.7 Å². The van der Waals surface area contributed by atoms with Crippen LogP contribution in [0.3, 0.4) is 0 Å². The molecule has 135 heavy (non-hydrogen) atoms. The number of fused-ring (bicyclic) bond motifs is 4. The molecule has 1 unspecified atom stereocenters. The Labute approximate surface area is 793 Å². The minimum Gasteiger partial charge on any atom is -0.368 e. The summed E-state index contributed by atoms with van der Waals surface area (Å²) in [7, 11) is 0. The third-order valence-corrected chi connectivity index (χ3v) is 26.8. The highest BCUT2D eigenvalue weighted by Gasteiger charge is 2.51. The molecule has 5 fully saturated rings. The van der Waals surface area contributed by atoms with Gasteiger partial charge >= 0.3 is 0 Å². The molecule has 25 N–H and O–H groups in total. The van der Waals surface area contributed by atoms with E-state index in [1.165, 1.54) is 62.3 Å². The zero-order valence-corrected chi connectivity index (χ0v) is 81.0. The van der Waals surface area contributed by atoms with Crippen LogP contribution in [0.4, 0.5) is 0 Å². The van der Waals surface area contributed by atoms with Gasteiger partial charge in [-0.25, -0.2) is 0 Å². The van der Waals surface area contributed by atoms with Gasteiger partial charge in [0.2, 0.25) is 112 Å². The van der Waals surface area contributed by atoms with E-state index in [2.05, 4.69) is 79.4 Å². The predicted octanol–water partition coefficient (Wildman–Crippen LogP) is -3.33. The van der Waals surface area contributed by atoms with Crippen LogP contribution in [0, 0.1) is 17.3 Å². The molecule has 5 aliphatic heterocycles. The number of H-pyrrole nitrogens is 1. The summed E-state index contributed by atoms with van der Waals surface area (Å²) in [5.41, 5.74) is 30.4. The standard InChI is InChI=1S/C91H148N24O19S/c1-49(99-76(120)51(3)101-78(122)53(5)103-80(124)55(7)105-87(131)71-30-29-61-48-135-62-44-72(90(134)115(61)71)114(47-62)57(9)116)74(118)98-50(2)75(119)100-52(4)77(121)102-54(6)79(123)104-56(8)81(125)111-70(45-91(10,11)12)89(133)113-41-33-59(34-42-113)88(132)112-39-31-58(32-40-112)82(126)106-65(25-15-19-35-92)83(127)107-66(26-16-20-36-93)84(128)108-67(27-17-21-37-94)85(129)109-68(28-18-22-38-95)86(130)110-69(73(96)117)43-60-46-97-64-24-14-13-23-63(60)64/h13-14,23-24,46,49-56,58-59,61-62,65-72,97H,15-22,25-45,47-48,92-95H2,1-12H3,(H2,96,117)(H,98,118)(H,99,120)(H,100,119)(H,101,122)(H,102,121)(H,103,124)(H,104,123)(H,105,131)(H,106,126)(H,107,127)(H,108,128)(H,109,129)(H,110,130)(H,111,125)/t49-,50-,51-,52-,53-,54-,55-,56-,61?,62+,65-,66-,67-,68-,69-,70-,71-,72+/m0/s1. The molecule has 5 aliphatic rings. The van der Waals surface area contributed by atoms with Crippen LogP contribution >= 0.6 is 11.8 Å². The largest absolute Gasteiger partial charge is 0.368 e. The number of carbonyl (C=O) groups is 19. The van der Waals surface area contributed by atoms with Crippen LogP contribution in [0.5, 0.6) is 0 Å². The lowest BCUT2D eigenvalue weighted by atomic mass is 9.86. The normalized spacial score (nSPS) is 20.0. The summed E-state index contributed by atoms with van der Waals surface area (Å²) in [5, 5.41) is 37.9. The molecule has 18 atom stereocenters. The van der Waals surface area contributed by atoms with E-state index in [1.807, 2.05) is 45.0 Å². The molecule has 2 bridgehead atoms. The number of piperidine rings is 2. The Morgan fingerprint density at radius 2 is 0.807 bits per heavy atom. The Bertz CT molecular complexity index is 4480. The molecule has 1 aromatic heterocycles. The fraction of sp³-hybridized carbons (Fsp3) is 0.703. The van der Waals surface area contributed by atoms with Crippen LogP contribution in [0.1, 0.15) is 217 Å². The van der Waals surface area contributed by atoms with Crippen molar-refractivity contribution in [2.45, 2.75) is 326 Å². The summed E-state index contributed by atoms with van der Waals surface area (Å²) in [6, 6.07) is -11.1. The second-order valence-electron chi connectivity index (χ2n) is 37.6. The first kappa shape index (κ1) is 111. The average molecular weight is 1910 g/mol. The molecule has 1 aromatic carbocycles. The molecule has 6 heterocycles. The van der Waals surface area contributed by atoms with E-state index in [9.17, 15) is 91.1 Å². The molecular formula is C91H148N24O19S. The van der Waals surface area contributed by atoms with Gasteiger partial charge in [0.25, 0.3) is 0 Å². The van der Waals surface area contributed by atoms with E-state index < -0.39 is 208 Å². The zero-order valence-electron chi connectivity index (χ0n) is 80.2. The molecule has 44 heteroatoms. The summed E-state index contributed by atoms with van der Waals surface area (Å²) in [6.07, 6.45) is 8.75. The van der Waals surface area contributed by atoms with Gasteiger partial charge in [-0.05, 0) is 227 Å². The highest BCUT2D eigenvalue weighted by atomic mass is 32.2. The molecule has 43 nitrogen and oxygen atoms in total. The number of hydrogen-bond donors (Lipinski definition) is 20. The van der Waals surface area contributed by atoms with Crippen LogP contribution in [0.25, 0.3) is 10.9 Å². The first-order chi connectivity index (χ1) is 63.9. The lowest BCUT2D eigenvalue weighted by molar-refractivity contribution is -0.147. The SMILES string of the molecule is CC(=O)N1C[C@H]2C[C@@H]1C(=O)N1C(CC[C@H]1C(=O)N[C@@H](C)C(=O)N[C@@H](C)C(=O)N[C@@H](C)C(=O)N[C@@H](C)C(=O)N[C@@H](C)C(=O)N[C@@H](C)C(=O)N[C@@H](C)C(=O)N[C@@H](C)C(=O)N[C@@H](CC(C)(C)C)C(=O)N1CCC(C(=O)N3CCC(C(=O)N[C@@H](CCCCN)C(=O)N[C@@H](CCCCN)C(=O)N[C@@H](CCCCN)C(=O)N[C@@H](CCCCN)C(=O)N[C@@H](Cc4c[nH]c5ccccc45)C(N)=O)CC3)CC1)CS2. The number of carbonyl (C=O) groups excluding carboxylic acids is 19. The van der Waals surface area contributed by atoms with Crippen molar-refractivity contribution in [3.63, 3.8) is 0 Å². The van der Waals surface area contributed by atoms with Crippen molar-refractivity contribution in [2.24, 2.45) is 45.9 Å². The number of para-hydroxylation sites is 1.